The number of anilines is 1. The lowest BCUT2D eigenvalue weighted by atomic mass is 10.4. The van der Waals surface area contributed by atoms with Crippen molar-refractivity contribution in [3.63, 3.8) is 0 Å². The summed E-state index contributed by atoms with van der Waals surface area (Å²) in [5, 5.41) is 9.25. The molecule has 0 fully saturated rings. The summed E-state index contributed by atoms with van der Waals surface area (Å²) >= 11 is 1.40. The Morgan fingerprint density at radius 2 is 2.00 bits per heavy atom. The molecule has 5 heteroatoms. The Morgan fingerprint density at radius 3 is 2.71 bits per heavy atom. The molecule has 0 radical (unpaired) electrons. The lowest BCUT2D eigenvalue weighted by Gasteiger charge is -2.01. The van der Waals surface area contributed by atoms with Crippen molar-refractivity contribution in [2.75, 3.05) is 5.73 Å². The molecule has 0 bridgehead atoms. The van der Waals surface area contributed by atoms with E-state index in [2.05, 4.69) is 15.2 Å². The molecule has 2 aromatic heterocycles. The van der Waals surface area contributed by atoms with Crippen LogP contribution in [0.1, 0.15) is 0 Å². The van der Waals surface area contributed by atoms with E-state index in [1.54, 1.807) is 18.5 Å². The summed E-state index contributed by atoms with van der Waals surface area (Å²) in [4.78, 5) is 4.14. The Balaban J connectivity index is 2.24. The third-order valence-electron chi connectivity index (χ3n) is 1.55. The third-order valence-corrected chi connectivity index (χ3v) is 2.51. The molecular weight excluding hydrogens is 196 g/mol. The molecule has 2 N–H and O–H groups in total. The predicted octanol–water partition coefficient (Wildman–Crippen LogP) is 1.60. The van der Waals surface area contributed by atoms with Gasteiger partial charge in [-0.25, -0.2) is 4.98 Å². The third kappa shape index (κ3) is 2.00. The topological polar surface area (TPSA) is 64.7 Å². The van der Waals surface area contributed by atoms with Crippen LogP contribution in [0, 0.1) is 0 Å². The van der Waals surface area contributed by atoms with Gasteiger partial charge in [0.2, 0.25) is 0 Å². The molecule has 2 aromatic rings. The smallest absolute Gasteiger partial charge is 0.125 e. The van der Waals surface area contributed by atoms with Gasteiger partial charge in [0.15, 0.2) is 0 Å². The van der Waals surface area contributed by atoms with Crippen molar-refractivity contribution < 1.29 is 0 Å². The Bertz CT molecular complexity index is 418. The quantitative estimate of drug-likeness (QED) is 0.805. The highest BCUT2D eigenvalue weighted by Crippen LogP contribution is 2.27. The highest BCUT2D eigenvalue weighted by atomic mass is 32.2. The molecule has 0 saturated carbocycles. The van der Waals surface area contributed by atoms with Gasteiger partial charge < -0.3 is 5.73 Å². The van der Waals surface area contributed by atoms with E-state index < -0.39 is 0 Å². The van der Waals surface area contributed by atoms with Gasteiger partial charge in [-0.1, -0.05) is 0 Å². The fourth-order valence-corrected chi connectivity index (χ4v) is 1.66. The summed E-state index contributed by atoms with van der Waals surface area (Å²) in [7, 11) is 0. The average molecular weight is 204 g/mol. The second kappa shape index (κ2) is 4.06. The zero-order valence-corrected chi connectivity index (χ0v) is 8.11. The number of rotatable bonds is 2. The van der Waals surface area contributed by atoms with Crippen LogP contribution < -0.4 is 5.73 Å². The molecule has 4 nitrogen and oxygen atoms in total. The number of nitrogen functional groups attached to an aromatic ring is 1. The SMILES string of the molecule is Nc1cccnc1Sc1cccnn1. The van der Waals surface area contributed by atoms with E-state index in [4.69, 9.17) is 5.73 Å². The van der Waals surface area contributed by atoms with Gasteiger partial charge in [-0.2, -0.15) is 5.10 Å². The Labute approximate surface area is 85.6 Å². The molecule has 0 saturated heterocycles. The van der Waals surface area contributed by atoms with E-state index in [1.165, 1.54) is 11.8 Å². The average Bonchev–Trinajstić information content (AvgIpc) is 2.23. The maximum Gasteiger partial charge on any atom is 0.125 e. The van der Waals surface area contributed by atoms with Gasteiger partial charge in [0.1, 0.15) is 10.1 Å². The summed E-state index contributed by atoms with van der Waals surface area (Å²) in [6.07, 6.45) is 3.33. The molecule has 0 atom stereocenters. The highest BCUT2D eigenvalue weighted by Gasteiger charge is 2.02. The van der Waals surface area contributed by atoms with Crippen LogP contribution in [0.15, 0.2) is 46.7 Å². The van der Waals surface area contributed by atoms with Gasteiger partial charge in [0.25, 0.3) is 0 Å². The first-order valence-electron chi connectivity index (χ1n) is 4.02. The lowest BCUT2D eigenvalue weighted by molar-refractivity contribution is 0.926. The highest BCUT2D eigenvalue weighted by molar-refractivity contribution is 7.99. The molecule has 2 heterocycles. The second-order valence-corrected chi connectivity index (χ2v) is 3.57. The van der Waals surface area contributed by atoms with Crippen molar-refractivity contribution in [2.45, 2.75) is 10.1 Å². The molecule has 0 aliphatic carbocycles. The molecule has 0 aliphatic rings. The van der Waals surface area contributed by atoms with E-state index >= 15 is 0 Å². The van der Waals surface area contributed by atoms with E-state index in [0.29, 0.717) is 5.69 Å². The number of hydrogen-bond donors (Lipinski definition) is 1. The number of pyridine rings is 1. The van der Waals surface area contributed by atoms with Gasteiger partial charge in [-0.3, -0.25) is 0 Å². The van der Waals surface area contributed by atoms with Crippen molar-refractivity contribution in [1.29, 1.82) is 0 Å². The van der Waals surface area contributed by atoms with Gasteiger partial charge in [0.05, 0.1) is 5.69 Å². The molecule has 0 aromatic carbocycles. The van der Waals surface area contributed by atoms with E-state index in [-0.39, 0.29) is 0 Å². The summed E-state index contributed by atoms with van der Waals surface area (Å²) < 4.78 is 0. The minimum Gasteiger partial charge on any atom is -0.397 e. The Morgan fingerprint density at radius 1 is 1.14 bits per heavy atom. The molecule has 0 unspecified atom stereocenters. The van der Waals surface area contributed by atoms with Gasteiger partial charge >= 0.3 is 0 Å². The van der Waals surface area contributed by atoms with Crippen LogP contribution >= 0.6 is 11.8 Å². The molecule has 0 spiro atoms. The summed E-state index contributed by atoms with van der Waals surface area (Å²) in [5.74, 6) is 0. The maximum atomic E-state index is 5.74. The molecule has 14 heavy (non-hydrogen) atoms. The first-order valence-corrected chi connectivity index (χ1v) is 4.84. The number of aromatic nitrogens is 3. The van der Waals surface area contributed by atoms with Crippen molar-refractivity contribution >= 4 is 17.4 Å². The molecular formula is C9H8N4S. The summed E-state index contributed by atoms with van der Waals surface area (Å²) in [6.45, 7) is 0. The molecule has 70 valence electrons. The van der Waals surface area contributed by atoms with Crippen LogP contribution in [-0.4, -0.2) is 15.2 Å². The van der Waals surface area contributed by atoms with Crippen molar-refractivity contribution in [3.8, 4) is 0 Å². The van der Waals surface area contributed by atoms with E-state index in [0.717, 1.165) is 10.1 Å². The molecule has 0 amide bonds. The van der Waals surface area contributed by atoms with Crippen molar-refractivity contribution in [1.82, 2.24) is 15.2 Å². The van der Waals surface area contributed by atoms with Crippen LogP contribution in [0.25, 0.3) is 0 Å². The van der Waals surface area contributed by atoms with Crippen LogP contribution in [0.5, 0.6) is 0 Å². The van der Waals surface area contributed by atoms with E-state index in [1.807, 2.05) is 18.2 Å². The minimum absolute atomic E-state index is 0.656. The Hall–Kier alpha value is -1.62. The summed E-state index contributed by atoms with van der Waals surface area (Å²) in [5.41, 5.74) is 6.39. The Kier molecular flexibility index (Phi) is 2.60. The minimum atomic E-state index is 0.656. The largest absolute Gasteiger partial charge is 0.397 e. The summed E-state index contributed by atoms with van der Waals surface area (Å²) in [6, 6.07) is 7.31. The number of nitrogens with zero attached hydrogens (tertiary/aromatic N) is 3. The standard InChI is InChI=1S/C9H8N4S/c10-7-3-1-5-11-9(7)14-8-4-2-6-12-13-8/h1-6H,10H2. The van der Waals surface area contributed by atoms with Crippen LogP contribution in [0.2, 0.25) is 0 Å². The maximum absolute atomic E-state index is 5.74. The number of hydrogen-bond acceptors (Lipinski definition) is 5. The fraction of sp³-hybridized carbons (Fsp3) is 0. The molecule has 2 rings (SSSR count). The van der Waals surface area contributed by atoms with Gasteiger partial charge in [-0.15, -0.1) is 5.10 Å². The zero-order valence-electron chi connectivity index (χ0n) is 7.29. The van der Waals surface area contributed by atoms with Gasteiger partial charge in [-0.05, 0) is 36.0 Å². The van der Waals surface area contributed by atoms with Crippen molar-refractivity contribution in [3.05, 3.63) is 36.7 Å². The van der Waals surface area contributed by atoms with Crippen molar-refractivity contribution in [2.24, 2.45) is 0 Å². The fourth-order valence-electron chi connectivity index (χ4n) is 0.929. The van der Waals surface area contributed by atoms with Crippen LogP contribution in [0.3, 0.4) is 0 Å². The first-order chi connectivity index (χ1) is 6.86. The predicted molar refractivity (Wildman–Crippen MR) is 54.8 cm³/mol. The monoisotopic (exact) mass is 204 g/mol. The second-order valence-electron chi connectivity index (χ2n) is 2.56. The molecule has 0 aliphatic heterocycles. The van der Waals surface area contributed by atoms with Gasteiger partial charge in [0, 0.05) is 12.4 Å². The zero-order chi connectivity index (χ0) is 9.80. The van der Waals surface area contributed by atoms with Crippen LogP contribution in [-0.2, 0) is 0 Å². The first kappa shape index (κ1) is 8.96. The van der Waals surface area contributed by atoms with E-state index in [9.17, 15) is 0 Å². The van der Waals surface area contributed by atoms with Crippen LogP contribution in [0.4, 0.5) is 5.69 Å². The normalized spacial score (nSPS) is 10.0. The lowest BCUT2D eigenvalue weighted by Crippen LogP contribution is -1.91. The number of nitrogens with two attached hydrogens (primary N) is 1.